The Morgan fingerprint density at radius 1 is 0.871 bits per heavy atom. The van der Waals surface area contributed by atoms with Gasteiger partial charge in [-0.25, -0.2) is 4.39 Å². The van der Waals surface area contributed by atoms with E-state index in [2.05, 4.69) is 10.2 Å². The first-order chi connectivity index (χ1) is 15.1. The second kappa shape index (κ2) is 9.71. The summed E-state index contributed by atoms with van der Waals surface area (Å²) in [6, 6.07) is 20.3. The highest BCUT2D eigenvalue weighted by atomic mass is 19.1. The number of amides is 2. The maximum absolute atomic E-state index is 13.8. The minimum Gasteiger partial charge on any atom is -0.352 e. The molecular formula is C25H26FN3O2. The Labute approximate surface area is 181 Å². The predicted molar refractivity (Wildman–Crippen MR) is 119 cm³/mol. The smallest absolute Gasteiger partial charge is 0.251 e. The maximum atomic E-state index is 13.8. The fraction of sp³-hybridized carbons (Fsp3) is 0.280. The van der Waals surface area contributed by atoms with Gasteiger partial charge in [-0.15, -0.1) is 0 Å². The molecular weight excluding hydrogens is 393 g/mol. The fourth-order valence-corrected chi connectivity index (χ4v) is 3.90. The van der Waals surface area contributed by atoms with Crippen LogP contribution in [0.2, 0.25) is 0 Å². The quantitative estimate of drug-likeness (QED) is 0.666. The maximum Gasteiger partial charge on any atom is 0.251 e. The molecule has 4 rings (SSSR count). The summed E-state index contributed by atoms with van der Waals surface area (Å²) in [7, 11) is 0. The molecule has 2 amide bonds. The number of piperazine rings is 1. The third-order valence-corrected chi connectivity index (χ3v) is 5.71. The summed E-state index contributed by atoms with van der Waals surface area (Å²) in [5, 5.41) is 4.94. The van der Waals surface area contributed by atoms with Crippen LogP contribution >= 0.6 is 0 Å². The molecule has 0 atom stereocenters. The van der Waals surface area contributed by atoms with Gasteiger partial charge in [0.05, 0.1) is 0 Å². The van der Waals surface area contributed by atoms with Crippen LogP contribution in [0.3, 0.4) is 0 Å². The number of halogens is 1. The number of hydrogen-bond acceptors (Lipinski definition) is 3. The summed E-state index contributed by atoms with van der Waals surface area (Å²) in [6.07, 6.45) is 0.270. The van der Waals surface area contributed by atoms with Crippen molar-refractivity contribution in [3.05, 3.63) is 83.7 Å². The Morgan fingerprint density at radius 2 is 1.58 bits per heavy atom. The summed E-state index contributed by atoms with van der Waals surface area (Å²) in [6.45, 7) is 3.52. The molecule has 5 nitrogen and oxygen atoms in total. The first kappa shape index (κ1) is 21.0. The zero-order chi connectivity index (χ0) is 21.6. The molecule has 0 aromatic heterocycles. The van der Waals surface area contributed by atoms with Gasteiger partial charge in [-0.05, 0) is 29.0 Å². The molecule has 1 N–H and O–H groups in total. The highest BCUT2D eigenvalue weighted by molar-refractivity contribution is 5.98. The zero-order valence-corrected chi connectivity index (χ0v) is 17.4. The molecule has 1 aliphatic rings. The van der Waals surface area contributed by atoms with Crippen LogP contribution in [-0.4, -0.2) is 54.3 Å². The molecule has 0 aliphatic carbocycles. The van der Waals surface area contributed by atoms with Crippen molar-refractivity contribution in [2.75, 3.05) is 32.7 Å². The molecule has 6 heteroatoms. The van der Waals surface area contributed by atoms with Crippen molar-refractivity contribution >= 4 is 22.6 Å². The Kier molecular flexibility index (Phi) is 6.57. The molecule has 160 valence electrons. The van der Waals surface area contributed by atoms with Gasteiger partial charge < -0.3 is 10.2 Å². The zero-order valence-electron chi connectivity index (χ0n) is 17.4. The molecule has 1 fully saturated rings. The van der Waals surface area contributed by atoms with Crippen LogP contribution < -0.4 is 5.32 Å². The van der Waals surface area contributed by atoms with E-state index in [0.29, 0.717) is 50.4 Å². The molecule has 3 aromatic rings. The van der Waals surface area contributed by atoms with Gasteiger partial charge in [-0.2, -0.15) is 0 Å². The van der Waals surface area contributed by atoms with E-state index < -0.39 is 0 Å². The van der Waals surface area contributed by atoms with E-state index >= 15 is 0 Å². The lowest BCUT2D eigenvalue weighted by Gasteiger charge is -2.34. The normalized spacial score (nSPS) is 14.5. The molecule has 0 spiro atoms. The molecule has 0 unspecified atom stereocenters. The van der Waals surface area contributed by atoms with Crippen LogP contribution in [0.1, 0.15) is 22.3 Å². The highest BCUT2D eigenvalue weighted by Gasteiger charge is 2.21. The largest absolute Gasteiger partial charge is 0.352 e. The number of hydrogen-bond donors (Lipinski definition) is 1. The van der Waals surface area contributed by atoms with E-state index in [1.54, 1.807) is 18.2 Å². The van der Waals surface area contributed by atoms with Crippen molar-refractivity contribution in [1.82, 2.24) is 15.1 Å². The van der Waals surface area contributed by atoms with E-state index in [1.165, 1.54) is 6.07 Å². The predicted octanol–water partition coefficient (Wildman–Crippen LogP) is 3.44. The number of nitrogens with zero attached hydrogens (tertiary/aromatic N) is 2. The second-order valence-electron chi connectivity index (χ2n) is 7.82. The number of rotatable bonds is 6. The third kappa shape index (κ3) is 5.27. The van der Waals surface area contributed by atoms with Crippen LogP contribution in [0.25, 0.3) is 10.8 Å². The van der Waals surface area contributed by atoms with Crippen molar-refractivity contribution in [3.8, 4) is 0 Å². The van der Waals surface area contributed by atoms with E-state index in [-0.39, 0.29) is 24.1 Å². The first-order valence-corrected chi connectivity index (χ1v) is 10.6. The number of fused-ring (bicyclic) bond motifs is 1. The summed E-state index contributed by atoms with van der Waals surface area (Å²) in [5.74, 6) is -0.333. The van der Waals surface area contributed by atoms with Gasteiger partial charge in [0.1, 0.15) is 5.82 Å². The van der Waals surface area contributed by atoms with E-state index in [4.69, 9.17) is 0 Å². The van der Waals surface area contributed by atoms with E-state index in [9.17, 15) is 14.0 Å². The molecule has 0 radical (unpaired) electrons. The molecule has 0 bridgehead atoms. The number of benzene rings is 3. The number of nitrogens with one attached hydrogen (secondary N) is 1. The van der Waals surface area contributed by atoms with Crippen LogP contribution in [0, 0.1) is 5.82 Å². The Hall–Kier alpha value is -3.25. The molecule has 31 heavy (non-hydrogen) atoms. The summed E-state index contributed by atoms with van der Waals surface area (Å²) in [4.78, 5) is 28.9. The topological polar surface area (TPSA) is 52.7 Å². The van der Waals surface area contributed by atoms with Gasteiger partial charge in [0.2, 0.25) is 5.91 Å². The number of carbonyl (C=O) groups is 2. The van der Waals surface area contributed by atoms with Crippen LogP contribution in [0.4, 0.5) is 4.39 Å². The van der Waals surface area contributed by atoms with Crippen LogP contribution in [-0.2, 0) is 11.3 Å². The molecule has 1 aliphatic heterocycles. The lowest BCUT2D eigenvalue weighted by atomic mass is 10.1. The third-order valence-electron chi connectivity index (χ3n) is 5.71. The van der Waals surface area contributed by atoms with Gasteiger partial charge in [-0.1, -0.05) is 48.5 Å². The minimum atomic E-state index is -0.192. The average molecular weight is 420 g/mol. The van der Waals surface area contributed by atoms with Gasteiger partial charge >= 0.3 is 0 Å². The second-order valence-corrected chi connectivity index (χ2v) is 7.82. The van der Waals surface area contributed by atoms with Crippen molar-refractivity contribution in [1.29, 1.82) is 0 Å². The monoisotopic (exact) mass is 419 g/mol. The lowest BCUT2D eigenvalue weighted by Crippen LogP contribution is -2.48. The van der Waals surface area contributed by atoms with Gasteiger partial charge in [0.15, 0.2) is 0 Å². The minimum absolute atomic E-state index is 0.0318. The average Bonchev–Trinajstić information content (AvgIpc) is 2.80. The van der Waals surface area contributed by atoms with Gasteiger partial charge in [0.25, 0.3) is 5.91 Å². The molecule has 3 aromatic carbocycles. The molecule has 0 saturated carbocycles. The van der Waals surface area contributed by atoms with Gasteiger partial charge in [0, 0.05) is 56.8 Å². The Balaban J connectivity index is 1.21. The highest BCUT2D eigenvalue weighted by Crippen LogP contribution is 2.16. The lowest BCUT2D eigenvalue weighted by molar-refractivity contribution is -0.132. The standard InChI is InChI=1S/C25H26FN3O2/c26-23-8-4-3-7-22(23)18-28-13-15-29(16-14-28)24(30)11-12-27-25(31)21-10-9-19-5-1-2-6-20(19)17-21/h1-10,17H,11-16,18H2,(H,27,31). The molecule has 1 saturated heterocycles. The molecule has 1 heterocycles. The van der Waals surface area contributed by atoms with Crippen molar-refractivity contribution < 1.29 is 14.0 Å². The summed E-state index contributed by atoms with van der Waals surface area (Å²) >= 11 is 0. The SMILES string of the molecule is O=C(NCCC(=O)N1CCN(Cc2ccccc2F)CC1)c1ccc2ccccc2c1. The number of carbonyl (C=O) groups excluding carboxylic acids is 2. The van der Waals surface area contributed by atoms with E-state index in [0.717, 1.165) is 10.8 Å². The Bertz CT molecular complexity index is 1080. The first-order valence-electron chi connectivity index (χ1n) is 10.6. The summed E-state index contributed by atoms with van der Waals surface area (Å²) in [5.41, 5.74) is 1.27. The van der Waals surface area contributed by atoms with E-state index in [1.807, 2.05) is 47.4 Å². The summed E-state index contributed by atoms with van der Waals surface area (Å²) < 4.78 is 13.8. The van der Waals surface area contributed by atoms with Crippen molar-refractivity contribution in [3.63, 3.8) is 0 Å². The van der Waals surface area contributed by atoms with Gasteiger partial charge in [-0.3, -0.25) is 14.5 Å². The van der Waals surface area contributed by atoms with Crippen LogP contribution in [0.5, 0.6) is 0 Å². The van der Waals surface area contributed by atoms with Crippen molar-refractivity contribution in [2.45, 2.75) is 13.0 Å². The van der Waals surface area contributed by atoms with Crippen molar-refractivity contribution in [2.24, 2.45) is 0 Å². The van der Waals surface area contributed by atoms with Crippen LogP contribution in [0.15, 0.2) is 66.7 Å². The fourth-order valence-electron chi connectivity index (χ4n) is 3.90. The Morgan fingerprint density at radius 3 is 2.35 bits per heavy atom.